The van der Waals surface area contributed by atoms with E-state index in [2.05, 4.69) is 11.1 Å². The highest BCUT2D eigenvalue weighted by Crippen LogP contribution is 2.09. The van der Waals surface area contributed by atoms with Crippen LogP contribution in [0.4, 0.5) is 0 Å². The predicted molar refractivity (Wildman–Crippen MR) is 69.3 cm³/mol. The normalized spacial score (nSPS) is 10.9. The first kappa shape index (κ1) is 11.9. The quantitative estimate of drug-likeness (QED) is 0.285. The zero-order chi connectivity index (χ0) is 12.8. The van der Waals surface area contributed by atoms with E-state index < -0.39 is 0 Å². The van der Waals surface area contributed by atoms with Crippen LogP contribution in [-0.4, -0.2) is 10.9 Å². The second kappa shape index (κ2) is 5.65. The van der Waals surface area contributed by atoms with Crippen LogP contribution in [0.3, 0.4) is 0 Å². The summed E-state index contributed by atoms with van der Waals surface area (Å²) in [6.45, 7) is 0.525. The van der Waals surface area contributed by atoms with E-state index in [1.807, 2.05) is 59.4 Å². The van der Waals surface area contributed by atoms with Crippen molar-refractivity contribution in [2.75, 3.05) is 0 Å². The molecule has 1 heterocycles. The number of terminal acetylenes is 1. The Hall–Kier alpha value is -2.60. The minimum Gasteiger partial charge on any atom is -0.410 e. The van der Waals surface area contributed by atoms with Gasteiger partial charge in [0.25, 0.3) is 0 Å². The smallest absolute Gasteiger partial charge is 0.208 e. The van der Waals surface area contributed by atoms with E-state index in [4.69, 9.17) is 11.6 Å². The van der Waals surface area contributed by atoms with Gasteiger partial charge in [0, 0.05) is 23.3 Å². The molecular weight excluding hydrogens is 224 g/mol. The number of pyridine rings is 1. The first-order valence-electron chi connectivity index (χ1n) is 5.55. The zero-order valence-corrected chi connectivity index (χ0v) is 9.82. The zero-order valence-electron chi connectivity index (χ0n) is 9.82. The summed E-state index contributed by atoms with van der Waals surface area (Å²) in [5.74, 6) is 2.56. The first-order chi connectivity index (χ1) is 8.85. The molecule has 2 aromatic rings. The summed E-state index contributed by atoms with van der Waals surface area (Å²) < 4.78 is 1.88. The van der Waals surface area contributed by atoms with Crippen molar-refractivity contribution in [1.82, 2.24) is 0 Å². The summed E-state index contributed by atoms with van der Waals surface area (Å²) in [4.78, 5) is 0. The maximum Gasteiger partial charge on any atom is 0.208 e. The van der Waals surface area contributed by atoms with E-state index >= 15 is 0 Å². The molecule has 2 rings (SSSR count). The number of rotatable bonds is 3. The van der Waals surface area contributed by atoms with E-state index in [1.54, 1.807) is 0 Å². The highest BCUT2D eigenvalue weighted by atomic mass is 16.4. The minimum absolute atomic E-state index is 0.525. The Kier molecular flexibility index (Phi) is 3.72. The molecular formula is C15H13N2O+. The largest absolute Gasteiger partial charge is 0.410 e. The molecule has 3 nitrogen and oxygen atoms in total. The third kappa shape index (κ3) is 2.55. The van der Waals surface area contributed by atoms with Gasteiger partial charge in [-0.2, -0.15) is 4.57 Å². The summed E-state index contributed by atoms with van der Waals surface area (Å²) >= 11 is 0. The summed E-state index contributed by atoms with van der Waals surface area (Å²) in [6, 6.07) is 13.3. The van der Waals surface area contributed by atoms with Gasteiger partial charge in [0.1, 0.15) is 5.71 Å². The lowest BCUT2D eigenvalue weighted by molar-refractivity contribution is -0.684. The fourth-order valence-electron chi connectivity index (χ4n) is 1.70. The predicted octanol–water partition coefficient (Wildman–Crippen LogP) is 1.83. The van der Waals surface area contributed by atoms with Crippen LogP contribution in [0.15, 0.2) is 60.0 Å². The Morgan fingerprint density at radius 1 is 1.11 bits per heavy atom. The molecule has 0 fully saturated rings. The number of aromatic nitrogens is 1. The Balaban J connectivity index is 2.33. The van der Waals surface area contributed by atoms with E-state index in [0.717, 1.165) is 11.1 Å². The highest BCUT2D eigenvalue weighted by molar-refractivity contribution is 6.12. The fraction of sp³-hybridized carbons (Fsp3) is 0.0667. The van der Waals surface area contributed by atoms with Crippen LogP contribution < -0.4 is 4.57 Å². The summed E-state index contributed by atoms with van der Waals surface area (Å²) in [5.41, 5.74) is 2.26. The molecule has 1 N–H and O–H groups in total. The van der Waals surface area contributed by atoms with Gasteiger partial charge in [-0.3, -0.25) is 0 Å². The van der Waals surface area contributed by atoms with Gasteiger partial charge in [0.05, 0.1) is 0 Å². The highest BCUT2D eigenvalue weighted by Gasteiger charge is 2.08. The Morgan fingerprint density at radius 2 is 1.72 bits per heavy atom. The van der Waals surface area contributed by atoms with Crippen molar-refractivity contribution in [3.8, 4) is 12.3 Å². The molecule has 0 saturated carbocycles. The third-order valence-electron chi connectivity index (χ3n) is 2.59. The van der Waals surface area contributed by atoms with Crippen molar-refractivity contribution >= 4 is 5.71 Å². The minimum atomic E-state index is 0.525. The van der Waals surface area contributed by atoms with E-state index in [1.165, 1.54) is 0 Å². The topological polar surface area (TPSA) is 36.5 Å². The van der Waals surface area contributed by atoms with E-state index in [-0.39, 0.29) is 0 Å². The Morgan fingerprint density at radius 3 is 2.28 bits per heavy atom. The molecule has 0 aliphatic carbocycles. The third-order valence-corrected chi connectivity index (χ3v) is 2.59. The van der Waals surface area contributed by atoms with Crippen molar-refractivity contribution in [3.05, 3.63) is 66.0 Å². The fourth-order valence-corrected chi connectivity index (χ4v) is 1.70. The molecule has 3 heteroatoms. The molecule has 0 spiro atoms. The van der Waals surface area contributed by atoms with Crippen molar-refractivity contribution < 1.29 is 9.77 Å². The SMILES string of the molecule is C#CC[n+]1ccc(/C(=N/O)c2ccccc2)cc1. The van der Waals surface area contributed by atoms with Gasteiger partial charge in [0.2, 0.25) is 6.54 Å². The lowest BCUT2D eigenvalue weighted by Gasteiger charge is -2.03. The molecule has 0 saturated heterocycles. The molecule has 0 aliphatic rings. The van der Waals surface area contributed by atoms with Crippen molar-refractivity contribution in [2.45, 2.75) is 6.54 Å². The van der Waals surface area contributed by atoms with Gasteiger partial charge in [0.15, 0.2) is 12.4 Å². The van der Waals surface area contributed by atoms with Gasteiger partial charge in [-0.15, -0.1) is 6.42 Å². The van der Waals surface area contributed by atoms with Crippen molar-refractivity contribution in [1.29, 1.82) is 0 Å². The second-order valence-electron chi connectivity index (χ2n) is 3.78. The number of nitrogens with zero attached hydrogens (tertiary/aromatic N) is 2. The van der Waals surface area contributed by atoms with Gasteiger partial charge < -0.3 is 5.21 Å². The van der Waals surface area contributed by atoms with Crippen LogP contribution in [-0.2, 0) is 6.54 Å². The molecule has 0 bridgehead atoms. The average Bonchev–Trinajstić information content (AvgIpc) is 2.43. The van der Waals surface area contributed by atoms with Gasteiger partial charge >= 0.3 is 0 Å². The van der Waals surface area contributed by atoms with Crippen LogP contribution in [0.1, 0.15) is 11.1 Å². The van der Waals surface area contributed by atoms with Crippen LogP contribution in [0.5, 0.6) is 0 Å². The number of hydrogen-bond acceptors (Lipinski definition) is 2. The summed E-state index contributed by atoms with van der Waals surface area (Å²) in [6.07, 6.45) is 8.97. The molecule has 0 atom stereocenters. The van der Waals surface area contributed by atoms with Crippen LogP contribution in [0.25, 0.3) is 0 Å². The number of oxime groups is 1. The number of benzene rings is 1. The standard InChI is InChI=1S/C15H12N2O/c1-2-10-17-11-8-14(9-12-17)15(16-18)13-6-4-3-5-7-13/h1,3-9,11-12H,10H2/p+1. The lowest BCUT2D eigenvalue weighted by atomic mass is 10.0. The summed E-state index contributed by atoms with van der Waals surface area (Å²) in [5, 5.41) is 12.5. The monoisotopic (exact) mass is 237 g/mol. The molecule has 0 aliphatic heterocycles. The maximum absolute atomic E-state index is 9.15. The molecule has 88 valence electrons. The van der Waals surface area contributed by atoms with E-state index in [0.29, 0.717) is 12.3 Å². The van der Waals surface area contributed by atoms with Gasteiger partial charge in [-0.05, 0) is 5.92 Å². The number of hydrogen-bond donors (Lipinski definition) is 1. The molecule has 1 aromatic heterocycles. The molecule has 0 radical (unpaired) electrons. The molecule has 0 unspecified atom stereocenters. The Bertz CT molecular complexity index is 580. The maximum atomic E-state index is 9.15. The van der Waals surface area contributed by atoms with Crippen molar-refractivity contribution in [3.63, 3.8) is 0 Å². The molecule has 18 heavy (non-hydrogen) atoms. The molecule has 1 aromatic carbocycles. The Labute approximate surface area is 106 Å². The van der Waals surface area contributed by atoms with Crippen molar-refractivity contribution in [2.24, 2.45) is 5.16 Å². The van der Waals surface area contributed by atoms with E-state index in [9.17, 15) is 0 Å². The molecule has 0 amide bonds. The average molecular weight is 237 g/mol. The first-order valence-corrected chi connectivity index (χ1v) is 5.55. The van der Waals surface area contributed by atoms with Gasteiger partial charge in [-0.25, -0.2) is 0 Å². The lowest BCUT2D eigenvalue weighted by Crippen LogP contribution is -2.32. The van der Waals surface area contributed by atoms with Crippen LogP contribution >= 0.6 is 0 Å². The summed E-state index contributed by atoms with van der Waals surface area (Å²) in [7, 11) is 0. The second-order valence-corrected chi connectivity index (χ2v) is 3.78. The van der Waals surface area contributed by atoms with Gasteiger partial charge in [-0.1, -0.05) is 35.5 Å². The van der Waals surface area contributed by atoms with Crippen LogP contribution in [0.2, 0.25) is 0 Å². The van der Waals surface area contributed by atoms with Crippen LogP contribution in [0, 0.1) is 12.3 Å².